The van der Waals surface area contributed by atoms with Gasteiger partial charge in [0.15, 0.2) is 0 Å². The fourth-order valence-corrected chi connectivity index (χ4v) is 1.10. The average molecular weight is 84.1 g/mol. The molecule has 1 heterocycles. The molecule has 0 radical (unpaired) electrons. The van der Waals surface area contributed by atoms with Crippen molar-refractivity contribution in [1.82, 2.24) is 0 Å². The van der Waals surface area contributed by atoms with Crippen LogP contribution < -0.4 is 0 Å². The monoisotopic (exact) mass is 84.1 g/mol. The van der Waals surface area contributed by atoms with Crippen molar-refractivity contribution >= 4 is 0 Å². The molecule has 1 aliphatic carbocycles. The van der Waals surface area contributed by atoms with Crippen molar-refractivity contribution in [3.8, 4) is 0 Å². The van der Waals surface area contributed by atoms with Gasteiger partial charge in [0.25, 0.3) is 0 Å². The van der Waals surface area contributed by atoms with Gasteiger partial charge < -0.3 is 4.74 Å². The Morgan fingerprint density at radius 1 is 1.50 bits per heavy atom. The molecular formula is C5H8O. The molecule has 1 heteroatoms. The second-order valence-electron chi connectivity index (χ2n) is 2.19. The van der Waals surface area contributed by atoms with Gasteiger partial charge in [-0.3, -0.25) is 0 Å². The first-order chi connectivity index (χ1) is 2.97. The minimum atomic E-state index is 0.713. The Hall–Kier alpha value is -0.0400. The van der Waals surface area contributed by atoms with Crippen molar-refractivity contribution < 1.29 is 4.74 Å². The normalized spacial score (nSPS) is 52.0. The summed E-state index contributed by atoms with van der Waals surface area (Å²) >= 11 is 0. The lowest BCUT2D eigenvalue weighted by Crippen LogP contribution is -1.84. The lowest BCUT2D eigenvalue weighted by atomic mass is 10.3. The van der Waals surface area contributed by atoms with Crippen LogP contribution in [0.1, 0.15) is 12.8 Å². The van der Waals surface area contributed by atoms with E-state index in [4.69, 9.17) is 4.74 Å². The van der Waals surface area contributed by atoms with Crippen LogP contribution >= 0.6 is 0 Å². The summed E-state index contributed by atoms with van der Waals surface area (Å²) in [7, 11) is 0. The van der Waals surface area contributed by atoms with Gasteiger partial charge in [0.1, 0.15) is 0 Å². The van der Waals surface area contributed by atoms with Crippen molar-refractivity contribution in [3.05, 3.63) is 0 Å². The van der Waals surface area contributed by atoms with E-state index in [9.17, 15) is 0 Å². The van der Waals surface area contributed by atoms with E-state index < -0.39 is 0 Å². The van der Waals surface area contributed by atoms with Crippen molar-refractivity contribution in [2.75, 3.05) is 6.61 Å². The van der Waals surface area contributed by atoms with Gasteiger partial charge in [-0.25, -0.2) is 0 Å². The highest BCUT2D eigenvalue weighted by atomic mass is 16.5. The Labute approximate surface area is 37.3 Å². The molecule has 34 valence electrons. The lowest BCUT2D eigenvalue weighted by molar-refractivity contribution is 0.156. The minimum absolute atomic E-state index is 0.713. The van der Waals surface area contributed by atoms with Gasteiger partial charge in [-0.1, -0.05) is 0 Å². The molecule has 0 N–H and O–H groups in total. The topological polar surface area (TPSA) is 9.23 Å². The van der Waals surface area contributed by atoms with Crippen LogP contribution in [0.25, 0.3) is 0 Å². The molecule has 2 rings (SSSR count). The van der Waals surface area contributed by atoms with Crippen LogP contribution in [0, 0.1) is 5.92 Å². The molecule has 0 unspecified atom stereocenters. The summed E-state index contributed by atoms with van der Waals surface area (Å²) in [5.41, 5.74) is 0. The first-order valence-corrected chi connectivity index (χ1v) is 2.58. The maximum absolute atomic E-state index is 5.23. The fraction of sp³-hybridized carbons (Fsp3) is 1.00. The molecule has 0 amide bonds. The fourth-order valence-electron chi connectivity index (χ4n) is 1.10. The molecule has 2 atom stereocenters. The largest absolute Gasteiger partial charge is 0.378 e. The number of fused-ring (bicyclic) bond motifs is 1. The van der Waals surface area contributed by atoms with E-state index in [0.29, 0.717) is 6.10 Å². The number of rotatable bonds is 0. The third kappa shape index (κ3) is 0.243. The molecule has 0 aromatic rings. The highest BCUT2D eigenvalue weighted by Gasteiger charge is 2.42. The lowest BCUT2D eigenvalue weighted by Gasteiger charge is -1.86. The van der Waals surface area contributed by atoms with Crippen LogP contribution in [0.15, 0.2) is 0 Å². The van der Waals surface area contributed by atoms with Gasteiger partial charge in [0, 0.05) is 6.61 Å². The Bertz CT molecular complexity index is 62.3. The van der Waals surface area contributed by atoms with E-state index in [1.54, 1.807) is 0 Å². The van der Waals surface area contributed by atoms with Gasteiger partial charge in [0.2, 0.25) is 0 Å². The smallest absolute Gasteiger partial charge is 0.0608 e. The molecule has 0 aromatic carbocycles. The Kier molecular flexibility index (Phi) is 0.396. The standard InChI is InChI=1S/C5H8O/c1-2-6-5-3-4(1)5/h4-5H,1-3H2/t4-,5+/m0/s1. The van der Waals surface area contributed by atoms with Gasteiger partial charge in [-0.2, -0.15) is 0 Å². The van der Waals surface area contributed by atoms with E-state index in [0.717, 1.165) is 12.5 Å². The van der Waals surface area contributed by atoms with Crippen LogP contribution in [0.4, 0.5) is 0 Å². The van der Waals surface area contributed by atoms with Crippen LogP contribution in [-0.2, 0) is 4.74 Å². The first kappa shape index (κ1) is 3.03. The van der Waals surface area contributed by atoms with Crippen LogP contribution in [0.5, 0.6) is 0 Å². The van der Waals surface area contributed by atoms with Crippen molar-refractivity contribution in [3.63, 3.8) is 0 Å². The zero-order valence-corrected chi connectivity index (χ0v) is 3.68. The number of hydrogen-bond donors (Lipinski definition) is 0. The van der Waals surface area contributed by atoms with Gasteiger partial charge >= 0.3 is 0 Å². The van der Waals surface area contributed by atoms with Gasteiger partial charge in [0.05, 0.1) is 6.10 Å². The Morgan fingerprint density at radius 2 is 2.50 bits per heavy atom. The highest BCUT2D eigenvalue weighted by Crippen LogP contribution is 2.41. The van der Waals surface area contributed by atoms with Crippen LogP contribution in [0.3, 0.4) is 0 Å². The summed E-state index contributed by atoms with van der Waals surface area (Å²) in [6.45, 7) is 1.04. The molecule has 0 aromatic heterocycles. The molecule has 0 spiro atoms. The second kappa shape index (κ2) is 0.784. The number of ether oxygens (including phenoxy) is 1. The first-order valence-electron chi connectivity index (χ1n) is 2.58. The molecule has 1 saturated heterocycles. The summed E-state index contributed by atoms with van der Waals surface area (Å²) in [5.74, 6) is 0.991. The zero-order valence-electron chi connectivity index (χ0n) is 3.68. The molecule has 1 saturated carbocycles. The average Bonchev–Trinajstić information content (AvgIpc) is 2.17. The highest BCUT2D eigenvalue weighted by molar-refractivity contribution is 4.91. The minimum Gasteiger partial charge on any atom is -0.378 e. The summed E-state index contributed by atoms with van der Waals surface area (Å²) in [6, 6.07) is 0. The maximum Gasteiger partial charge on any atom is 0.0608 e. The molecule has 6 heavy (non-hydrogen) atoms. The quantitative estimate of drug-likeness (QED) is 0.421. The van der Waals surface area contributed by atoms with Gasteiger partial charge in [-0.05, 0) is 18.8 Å². The summed E-state index contributed by atoms with van der Waals surface area (Å²) in [5, 5.41) is 0. The van der Waals surface area contributed by atoms with Crippen molar-refractivity contribution in [2.45, 2.75) is 18.9 Å². The summed E-state index contributed by atoms with van der Waals surface area (Å²) in [4.78, 5) is 0. The maximum atomic E-state index is 5.23. The predicted octanol–water partition coefficient (Wildman–Crippen LogP) is 0.795. The zero-order chi connectivity index (χ0) is 3.98. The van der Waals surface area contributed by atoms with Crippen LogP contribution in [0.2, 0.25) is 0 Å². The molecule has 1 nitrogen and oxygen atoms in total. The van der Waals surface area contributed by atoms with Crippen molar-refractivity contribution in [2.24, 2.45) is 5.92 Å². The number of hydrogen-bond acceptors (Lipinski definition) is 1. The van der Waals surface area contributed by atoms with Crippen LogP contribution in [-0.4, -0.2) is 12.7 Å². The van der Waals surface area contributed by atoms with E-state index in [-0.39, 0.29) is 0 Å². The van der Waals surface area contributed by atoms with Crippen molar-refractivity contribution in [1.29, 1.82) is 0 Å². The van der Waals surface area contributed by atoms with E-state index in [2.05, 4.69) is 0 Å². The molecule has 2 fully saturated rings. The molecular weight excluding hydrogens is 76.1 g/mol. The van der Waals surface area contributed by atoms with Gasteiger partial charge in [-0.15, -0.1) is 0 Å². The summed E-state index contributed by atoms with van der Waals surface area (Å²) in [6.07, 6.45) is 3.41. The predicted molar refractivity (Wildman–Crippen MR) is 22.5 cm³/mol. The molecule has 1 aliphatic heterocycles. The third-order valence-electron chi connectivity index (χ3n) is 1.68. The van der Waals surface area contributed by atoms with E-state index in [1.807, 2.05) is 0 Å². The molecule has 2 aliphatic rings. The Balaban J connectivity index is 2.09. The SMILES string of the molecule is C1C[C@H]2C[C@H]2O1. The van der Waals surface area contributed by atoms with E-state index in [1.165, 1.54) is 12.8 Å². The molecule has 0 bridgehead atoms. The summed E-state index contributed by atoms with van der Waals surface area (Å²) < 4.78 is 5.23. The third-order valence-corrected chi connectivity index (χ3v) is 1.68. The second-order valence-corrected chi connectivity index (χ2v) is 2.19. The Morgan fingerprint density at radius 3 is 2.67 bits per heavy atom. The van der Waals surface area contributed by atoms with E-state index >= 15 is 0 Å².